The second-order valence-electron chi connectivity index (χ2n) is 5.10. The monoisotopic (exact) mass is 253 g/mol. The van der Waals surface area contributed by atoms with Gasteiger partial charge in [-0.3, -0.25) is 9.69 Å². The summed E-state index contributed by atoms with van der Waals surface area (Å²) in [4.78, 5) is 16.0. The highest BCUT2D eigenvalue weighted by molar-refractivity contribution is 5.81. The normalized spacial score (nSPS) is 26.0. The Morgan fingerprint density at radius 1 is 1.67 bits per heavy atom. The van der Waals surface area contributed by atoms with Gasteiger partial charge in [0.15, 0.2) is 0 Å². The van der Waals surface area contributed by atoms with E-state index in [0.29, 0.717) is 13.0 Å². The number of aliphatic hydroxyl groups is 1. The Labute approximate surface area is 109 Å². The molecular weight excluding hydrogens is 230 g/mol. The number of aliphatic hydroxyl groups excluding tert-OH is 1. The number of hydrogen-bond donors (Lipinski definition) is 2. The number of β-amino-alcohol motifs (C(OH)–C–C–N with tert-alkyl or cyclic N) is 1. The topological polar surface area (TPSA) is 55.8 Å². The van der Waals surface area contributed by atoms with Gasteiger partial charge in [-0.2, -0.15) is 0 Å². The van der Waals surface area contributed by atoms with Gasteiger partial charge in [-0.15, -0.1) is 6.42 Å². The van der Waals surface area contributed by atoms with E-state index in [-0.39, 0.29) is 30.6 Å². The summed E-state index contributed by atoms with van der Waals surface area (Å²) in [6, 6.07) is -0.0537. The lowest BCUT2D eigenvalue weighted by Gasteiger charge is -2.31. The minimum absolute atomic E-state index is 0.0780. The molecule has 0 bridgehead atoms. The van der Waals surface area contributed by atoms with E-state index in [2.05, 4.69) is 21.0 Å². The molecule has 0 saturated carbocycles. The van der Waals surface area contributed by atoms with E-state index in [1.807, 2.05) is 21.0 Å². The fourth-order valence-electron chi connectivity index (χ4n) is 2.43. The van der Waals surface area contributed by atoms with E-state index in [4.69, 9.17) is 6.42 Å². The first-order chi connectivity index (χ1) is 8.45. The number of rotatable bonds is 5. The van der Waals surface area contributed by atoms with Gasteiger partial charge in [-0.1, -0.05) is 5.92 Å². The third-order valence-corrected chi connectivity index (χ3v) is 3.25. The predicted octanol–water partition coefficient (Wildman–Crippen LogP) is -0.879. The summed E-state index contributed by atoms with van der Waals surface area (Å²) < 4.78 is 0. The highest BCUT2D eigenvalue weighted by Gasteiger charge is 2.36. The average Bonchev–Trinajstić information content (AvgIpc) is 2.65. The van der Waals surface area contributed by atoms with Crippen LogP contribution in [0.1, 0.15) is 13.3 Å². The van der Waals surface area contributed by atoms with Crippen molar-refractivity contribution in [1.82, 2.24) is 15.1 Å². The molecule has 102 valence electrons. The minimum Gasteiger partial charge on any atom is -0.392 e. The molecule has 2 N–H and O–H groups in total. The second-order valence-corrected chi connectivity index (χ2v) is 5.10. The molecule has 3 unspecified atom stereocenters. The fraction of sp³-hybridized carbons (Fsp3) is 0.769. The molecule has 0 aliphatic carbocycles. The maximum absolute atomic E-state index is 11.9. The van der Waals surface area contributed by atoms with Crippen LogP contribution in [-0.2, 0) is 4.79 Å². The number of likely N-dealkylation sites (N-methyl/N-ethyl adjacent to an activating group) is 1. The Morgan fingerprint density at radius 3 is 2.89 bits per heavy atom. The lowest BCUT2D eigenvalue weighted by molar-refractivity contribution is -0.126. The molecule has 5 heteroatoms. The summed E-state index contributed by atoms with van der Waals surface area (Å²) in [5.41, 5.74) is 0. The SMILES string of the molecule is C#CCNC(=O)C(C)N1CC(O)CC1CN(C)C. The summed E-state index contributed by atoms with van der Waals surface area (Å²) in [6.07, 6.45) is 5.48. The van der Waals surface area contributed by atoms with Crippen molar-refractivity contribution in [3.05, 3.63) is 0 Å². The van der Waals surface area contributed by atoms with E-state index in [1.165, 1.54) is 0 Å². The number of likely N-dealkylation sites (tertiary alicyclic amines) is 1. The van der Waals surface area contributed by atoms with E-state index in [1.54, 1.807) is 0 Å². The number of carbonyl (C=O) groups excluding carboxylic acids is 1. The van der Waals surface area contributed by atoms with Gasteiger partial charge in [0.25, 0.3) is 0 Å². The number of hydrogen-bond acceptors (Lipinski definition) is 4. The van der Waals surface area contributed by atoms with Crippen LogP contribution in [0.2, 0.25) is 0 Å². The molecule has 1 aliphatic heterocycles. The Kier molecular flexibility index (Phi) is 5.60. The van der Waals surface area contributed by atoms with Crippen molar-refractivity contribution < 1.29 is 9.90 Å². The number of terminal acetylenes is 1. The first-order valence-corrected chi connectivity index (χ1v) is 6.25. The third kappa shape index (κ3) is 3.98. The van der Waals surface area contributed by atoms with Crippen LogP contribution >= 0.6 is 0 Å². The lowest BCUT2D eigenvalue weighted by atomic mass is 10.1. The van der Waals surface area contributed by atoms with Gasteiger partial charge in [0, 0.05) is 19.1 Å². The van der Waals surface area contributed by atoms with Crippen LogP contribution in [0, 0.1) is 12.3 Å². The molecule has 0 radical (unpaired) electrons. The Morgan fingerprint density at radius 2 is 2.33 bits per heavy atom. The number of amides is 1. The van der Waals surface area contributed by atoms with E-state index < -0.39 is 0 Å². The molecule has 0 aromatic carbocycles. The Balaban J connectivity index is 2.61. The molecule has 1 rings (SSSR count). The van der Waals surface area contributed by atoms with Crippen LogP contribution in [-0.4, -0.2) is 72.7 Å². The molecule has 5 nitrogen and oxygen atoms in total. The van der Waals surface area contributed by atoms with Crippen LogP contribution in [0.15, 0.2) is 0 Å². The minimum atomic E-state index is -0.349. The van der Waals surface area contributed by atoms with Crippen molar-refractivity contribution in [3.63, 3.8) is 0 Å². The molecular formula is C13H23N3O2. The Hall–Kier alpha value is -1.09. The van der Waals surface area contributed by atoms with E-state index in [0.717, 1.165) is 6.54 Å². The fourth-order valence-corrected chi connectivity index (χ4v) is 2.43. The van der Waals surface area contributed by atoms with Crippen LogP contribution in [0.25, 0.3) is 0 Å². The molecule has 0 spiro atoms. The molecule has 0 aromatic rings. The molecule has 3 atom stereocenters. The van der Waals surface area contributed by atoms with Crippen LogP contribution < -0.4 is 5.32 Å². The van der Waals surface area contributed by atoms with Crippen LogP contribution in [0.5, 0.6) is 0 Å². The standard InChI is InChI=1S/C13H23N3O2/c1-5-6-14-13(18)10(2)16-9-12(17)7-11(16)8-15(3)4/h1,10-12,17H,6-9H2,2-4H3,(H,14,18). The van der Waals surface area contributed by atoms with E-state index in [9.17, 15) is 9.90 Å². The molecule has 1 fully saturated rings. The van der Waals surface area contributed by atoms with Gasteiger partial charge in [-0.05, 0) is 27.4 Å². The van der Waals surface area contributed by atoms with Crippen LogP contribution in [0.4, 0.5) is 0 Å². The van der Waals surface area contributed by atoms with Crippen molar-refractivity contribution in [3.8, 4) is 12.3 Å². The van der Waals surface area contributed by atoms with Crippen molar-refractivity contribution in [2.75, 3.05) is 33.7 Å². The maximum Gasteiger partial charge on any atom is 0.237 e. The largest absolute Gasteiger partial charge is 0.392 e. The lowest BCUT2D eigenvalue weighted by Crippen LogP contribution is -2.49. The highest BCUT2D eigenvalue weighted by atomic mass is 16.3. The summed E-state index contributed by atoms with van der Waals surface area (Å²) in [6.45, 7) is 3.48. The van der Waals surface area contributed by atoms with Gasteiger partial charge >= 0.3 is 0 Å². The zero-order valence-corrected chi connectivity index (χ0v) is 11.4. The zero-order chi connectivity index (χ0) is 13.7. The number of nitrogens with one attached hydrogen (secondary N) is 1. The zero-order valence-electron chi connectivity index (χ0n) is 11.4. The van der Waals surface area contributed by atoms with Crippen LogP contribution in [0.3, 0.4) is 0 Å². The first-order valence-electron chi connectivity index (χ1n) is 6.25. The highest BCUT2D eigenvalue weighted by Crippen LogP contribution is 2.21. The van der Waals surface area contributed by atoms with Crippen molar-refractivity contribution in [2.45, 2.75) is 31.5 Å². The summed E-state index contributed by atoms with van der Waals surface area (Å²) >= 11 is 0. The average molecular weight is 253 g/mol. The quantitative estimate of drug-likeness (QED) is 0.625. The molecule has 1 amide bonds. The molecule has 18 heavy (non-hydrogen) atoms. The van der Waals surface area contributed by atoms with Crippen molar-refractivity contribution >= 4 is 5.91 Å². The van der Waals surface area contributed by atoms with E-state index >= 15 is 0 Å². The maximum atomic E-state index is 11.9. The van der Waals surface area contributed by atoms with Crippen molar-refractivity contribution in [1.29, 1.82) is 0 Å². The Bertz CT molecular complexity index is 325. The first kappa shape index (κ1) is 15.0. The number of carbonyl (C=O) groups is 1. The van der Waals surface area contributed by atoms with Gasteiger partial charge in [0.2, 0.25) is 5.91 Å². The van der Waals surface area contributed by atoms with Crippen molar-refractivity contribution in [2.24, 2.45) is 0 Å². The van der Waals surface area contributed by atoms with Gasteiger partial charge < -0.3 is 15.3 Å². The molecule has 1 aliphatic rings. The number of nitrogens with zero attached hydrogens (tertiary/aromatic N) is 2. The summed E-state index contributed by atoms with van der Waals surface area (Å²) in [7, 11) is 3.98. The smallest absolute Gasteiger partial charge is 0.237 e. The second kappa shape index (κ2) is 6.74. The summed E-state index contributed by atoms with van der Waals surface area (Å²) in [5.74, 6) is 2.31. The van der Waals surface area contributed by atoms with Gasteiger partial charge in [0.1, 0.15) is 0 Å². The van der Waals surface area contributed by atoms with Gasteiger partial charge in [0.05, 0.1) is 18.7 Å². The molecule has 1 saturated heterocycles. The predicted molar refractivity (Wildman–Crippen MR) is 71.0 cm³/mol. The summed E-state index contributed by atoms with van der Waals surface area (Å²) in [5, 5.41) is 12.5. The molecule has 0 aromatic heterocycles. The third-order valence-electron chi connectivity index (χ3n) is 3.25. The molecule has 1 heterocycles. The van der Waals surface area contributed by atoms with Gasteiger partial charge in [-0.25, -0.2) is 0 Å².